The summed E-state index contributed by atoms with van der Waals surface area (Å²) in [5.74, 6) is 1.12. The van der Waals surface area contributed by atoms with Crippen LogP contribution in [0.5, 0.6) is 0 Å². The predicted octanol–water partition coefficient (Wildman–Crippen LogP) is 4.54. The molecule has 1 aromatic heterocycles. The number of thiocarbonyl (C=S) groups is 1. The maximum absolute atomic E-state index is 12.3. The standard InChI is InChI=1S/C19H15NO3S2/c1-3-10-20-18(22)17(25-19(20)24)11-15-8-9-16(23-15)14-6-4-13(5-7-14)12(2)21/h3-9,11H,1,10H2,2H3/b17-11-. The molecule has 0 N–H and O–H groups in total. The Hall–Kier alpha value is -2.44. The Bertz CT molecular complexity index is 894. The topological polar surface area (TPSA) is 50.5 Å². The van der Waals surface area contributed by atoms with Crippen LogP contribution in [0.2, 0.25) is 0 Å². The first-order valence-electron chi connectivity index (χ1n) is 7.57. The minimum absolute atomic E-state index is 0.0215. The van der Waals surface area contributed by atoms with Crippen LogP contribution in [0.25, 0.3) is 17.4 Å². The van der Waals surface area contributed by atoms with E-state index in [0.29, 0.717) is 32.9 Å². The number of thioether (sulfide) groups is 1. The molecule has 1 aromatic carbocycles. The van der Waals surface area contributed by atoms with E-state index in [0.717, 1.165) is 5.56 Å². The number of rotatable bonds is 5. The van der Waals surface area contributed by atoms with E-state index in [4.69, 9.17) is 16.6 Å². The average molecular weight is 369 g/mol. The number of amides is 1. The van der Waals surface area contributed by atoms with Crippen LogP contribution in [-0.2, 0) is 4.79 Å². The van der Waals surface area contributed by atoms with Crippen molar-refractivity contribution in [3.05, 3.63) is 65.3 Å². The minimum atomic E-state index is -0.140. The van der Waals surface area contributed by atoms with Crippen LogP contribution in [0.3, 0.4) is 0 Å². The molecular weight excluding hydrogens is 354 g/mol. The zero-order valence-electron chi connectivity index (χ0n) is 13.5. The van der Waals surface area contributed by atoms with E-state index in [1.807, 2.05) is 18.2 Å². The van der Waals surface area contributed by atoms with E-state index in [2.05, 4.69) is 6.58 Å². The fraction of sp³-hybridized carbons (Fsp3) is 0.105. The van der Waals surface area contributed by atoms with Crippen molar-refractivity contribution in [2.24, 2.45) is 0 Å². The average Bonchev–Trinajstić information content (AvgIpc) is 3.16. The third-order valence-electron chi connectivity index (χ3n) is 3.66. The molecule has 6 heteroatoms. The van der Waals surface area contributed by atoms with Crippen molar-refractivity contribution in [1.29, 1.82) is 0 Å². The molecule has 3 rings (SSSR count). The Morgan fingerprint density at radius 3 is 2.64 bits per heavy atom. The van der Waals surface area contributed by atoms with Gasteiger partial charge in [-0.05, 0) is 19.1 Å². The van der Waals surface area contributed by atoms with Gasteiger partial charge in [-0.2, -0.15) is 0 Å². The van der Waals surface area contributed by atoms with Crippen molar-refractivity contribution < 1.29 is 14.0 Å². The second-order valence-corrected chi connectivity index (χ2v) is 7.09. The second kappa shape index (κ2) is 7.21. The summed E-state index contributed by atoms with van der Waals surface area (Å²) in [5, 5.41) is 0. The fourth-order valence-electron chi connectivity index (χ4n) is 2.37. The Morgan fingerprint density at radius 1 is 1.28 bits per heavy atom. The van der Waals surface area contributed by atoms with Gasteiger partial charge in [0.2, 0.25) is 0 Å². The van der Waals surface area contributed by atoms with Gasteiger partial charge < -0.3 is 4.42 Å². The molecule has 25 heavy (non-hydrogen) atoms. The molecule has 2 heterocycles. The Morgan fingerprint density at radius 2 is 2.00 bits per heavy atom. The number of hydrogen-bond donors (Lipinski definition) is 0. The van der Waals surface area contributed by atoms with Gasteiger partial charge in [-0.15, -0.1) is 6.58 Å². The maximum Gasteiger partial charge on any atom is 0.266 e. The van der Waals surface area contributed by atoms with Crippen molar-refractivity contribution in [3.8, 4) is 11.3 Å². The van der Waals surface area contributed by atoms with Crippen LogP contribution in [0.4, 0.5) is 0 Å². The molecule has 0 spiro atoms. The molecule has 0 radical (unpaired) electrons. The molecule has 1 aliphatic heterocycles. The van der Waals surface area contributed by atoms with E-state index in [9.17, 15) is 9.59 Å². The zero-order valence-corrected chi connectivity index (χ0v) is 15.2. The Balaban J connectivity index is 1.82. The van der Waals surface area contributed by atoms with Crippen LogP contribution >= 0.6 is 24.0 Å². The highest BCUT2D eigenvalue weighted by Crippen LogP contribution is 2.33. The number of carbonyl (C=O) groups excluding carboxylic acids is 2. The van der Waals surface area contributed by atoms with E-state index in [-0.39, 0.29) is 11.7 Å². The molecular formula is C19H15NO3S2. The van der Waals surface area contributed by atoms with Gasteiger partial charge in [0.05, 0.1) is 4.91 Å². The second-order valence-electron chi connectivity index (χ2n) is 5.42. The number of ketones is 1. The van der Waals surface area contributed by atoms with E-state index >= 15 is 0 Å². The zero-order chi connectivity index (χ0) is 18.0. The molecule has 0 atom stereocenters. The lowest BCUT2D eigenvalue weighted by molar-refractivity contribution is -0.121. The molecule has 0 saturated carbocycles. The molecule has 0 unspecified atom stereocenters. The molecule has 1 saturated heterocycles. The van der Waals surface area contributed by atoms with Crippen LogP contribution in [-0.4, -0.2) is 27.5 Å². The largest absolute Gasteiger partial charge is 0.457 e. The number of carbonyl (C=O) groups is 2. The molecule has 2 aromatic rings. The van der Waals surface area contributed by atoms with Crippen molar-refractivity contribution in [3.63, 3.8) is 0 Å². The number of benzene rings is 1. The van der Waals surface area contributed by atoms with E-state index in [1.54, 1.807) is 30.4 Å². The van der Waals surface area contributed by atoms with Crippen LogP contribution in [0, 0.1) is 0 Å². The van der Waals surface area contributed by atoms with Crippen molar-refractivity contribution >= 4 is 46.1 Å². The number of furan rings is 1. The molecule has 1 amide bonds. The quantitative estimate of drug-likeness (QED) is 0.335. The first-order chi connectivity index (χ1) is 12.0. The summed E-state index contributed by atoms with van der Waals surface area (Å²) < 4.78 is 6.32. The fourth-order valence-corrected chi connectivity index (χ4v) is 3.63. The maximum atomic E-state index is 12.3. The highest BCUT2D eigenvalue weighted by atomic mass is 32.2. The first-order valence-corrected chi connectivity index (χ1v) is 8.79. The summed E-state index contributed by atoms with van der Waals surface area (Å²) in [6.07, 6.45) is 3.33. The van der Waals surface area contributed by atoms with Gasteiger partial charge in [-0.1, -0.05) is 54.3 Å². The summed E-state index contributed by atoms with van der Waals surface area (Å²) in [6.45, 7) is 5.56. The summed E-state index contributed by atoms with van der Waals surface area (Å²) in [5.41, 5.74) is 1.52. The van der Waals surface area contributed by atoms with E-state index in [1.165, 1.54) is 23.6 Å². The SMILES string of the molecule is C=CCN1C(=O)/C(=C/c2ccc(-c3ccc(C(C)=O)cc3)o2)SC1=S. The van der Waals surface area contributed by atoms with Crippen molar-refractivity contribution in [2.45, 2.75) is 6.92 Å². The third kappa shape index (κ3) is 3.65. The molecule has 0 aliphatic carbocycles. The Labute approximate surface area is 155 Å². The lowest BCUT2D eigenvalue weighted by Gasteiger charge is -2.10. The van der Waals surface area contributed by atoms with Gasteiger partial charge in [0.15, 0.2) is 5.78 Å². The normalized spacial score (nSPS) is 15.9. The van der Waals surface area contributed by atoms with Gasteiger partial charge >= 0.3 is 0 Å². The molecule has 1 fully saturated rings. The smallest absolute Gasteiger partial charge is 0.266 e. The van der Waals surface area contributed by atoms with Crippen LogP contribution in [0.1, 0.15) is 23.0 Å². The van der Waals surface area contributed by atoms with Gasteiger partial charge in [-0.3, -0.25) is 14.5 Å². The van der Waals surface area contributed by atoms with Crippen LogP contribution in [0.15, 0.2) is 58.4 Å². The molecule has 1 aliphatic rings. The Kier molecular flexibility index (Phi) is 5.01. The van der Waals surface area contributed by atoms with Crippen LogP contribution < -0.4 is 0 Å². The van der Waals surface area contributed by atoms with Gasteiger partial charge in [0.25, 0.3) is 5.91 Å². The molecule has 0 bridgehead atoms. The lowest BCUT2D eigenvalue weighted by atomic mass is 10.1. The summed E-state index contributed by atoms with van der Waals surface area (Å²) >= 11 is 6.46. The van der Waals surface area contributed by atoms with Gasteiger partial charge in [0, 0.05) is 23.7 Å². The predicted molar refractivity (Wildman–Crippen MR) is 104 cm³/mol. The summed E-state index contributed by atoms with van der Waals surface area (Å²) in [4.78, 5) is 25.7. The third-order valence-corrected chi connectivity index (χ3v) is 5.04. The van der Waals surface area contributed by atoms with Crippen molar-refractivity contribution in [1.82, 2.24) is 4.90 Å². The first kappa shape index (κ1) is 17.4. The summed E-state index contributed by atoms with van der Waals surface area (Å²) in [6, 6.07) is 10.8. The van der Waals surface area contributed by atoms with Crippen molar-refractivity contribution in [2.75, 3.05) is 6.54 Å². The van der Waals surface area contributed by atoms with Gasteiger partial charge in [0.1, 0.15) is 15.8 Å². The lowest BCUT2D eigenvalue weighted by Crippen LogP contribution is -2.27. The molecule has 126 valence electrons. The van der Waals surface area contributed by atoms with E-state index < -0.39 is 0 Å². The summed E-state index contributed by atoms with van der Waals surface area (Å²) in [7, 11) is 0. The molecule has 4 nitrogen and oxygen atoms in total. The van der Waals surface area contributed by atoms with Gasteiger partial charge in [-0.25, -0.2) is 0 Å². The number of Topliss-reactive ketones (excluding diaryl/α,β-unsaturated/α-hetero) is 1. The monoisotopic (exact) mass is 369 g/mol. The minimum Gasteiger partial charge on any atom is -0.457 e. The highest BCUT2D eigenvalue weighted by Gasteiger charge is 2.31. The highest BCUT2D eigenvalue weighted by molar-refractivity contribution is 8.26. The number of nitrogens with zero attached hydrogens (tertiary/aromatic N) is 1. The number of hydrogen-bond acceptors (Lipinski definition) is 5.